The van der Waals surface area contributed by atoms with Crippen LogP contribution in [0.4, 0.5) is 15.8 Å². The molecular weight excluding hydrogens is 461 g/mol. The van der Waals surface area contributed by atoms with E-state index in [0.29, 0.717) is 18.7 Å². The number of nitrogens with one attached hydrogen (secondary N) is 2. The molecule has 182 valence electrons. The molecule has 1 saturated carbocycles. The van der Waals surface area contributed by atoms with E-state index >= 15 is 0 Å². The number of piperidine rings is 1. The molecule has 35 heavy (non-hydrogen) atoms. The summed E-state index contributed by atoms with van der Waals surface area (Å²) in [5, 5.41) is 10.9. The minimum absolute atomic E-state index is 0.187. The predicted molar refractivity (Wildman–Crippen MR) is 139 cm³/mol. The van der Waals surface area contributed by atoms with Gasteiger partial charge in [-0.1, -0.05) is 30.3 Å². The fraction of sp³-hybridized carbons (Fsp3) is 0.321. The summed E-state index contributed by atoms with van der Waals surface area (Å²) >= 11 is 0. The van der Waals surface area contributed by atoms with Crippen molar-refractivity contribution in [2.24, 2.45) is 5.92 Å². The summed E-state index contributed by atoms with van der Waals surface area (Å²) in [4.78, 5) is 0. The molecule has 0 radical (unpaired) electrons. The van der Waals surface area contributed by atoms with Crippen molar-refractivity contribution in [2.75, 3.05) is 18.4 Å². The lowest BCUT2D eigenvalue weighted by atomic mass is 9.86. The van der Waals surface area contributed by atoms with Gasteiger partial charge in [-0.2, -0.15) is 0 Å². The van der Waals surface area contributed by atoms with Crippen LogP contribution in [0.3, 0.4) is 0 Å². The molecule has 0 spiro atoms. The van der Waals surface area contributed by atoms with E-state index in [4.69, 9.17) is 5.41 Å². The molecule has 1 saturated heterocycles. The number of hydrogen-bond donors (Lipinski definition) is 2. The van der Waals surface area contributed by atoms with Crippen LogP contribution < -0.4 is 5.32 Å². The number of fused-ring (bicyclic) bond motifs is 1. The fourth-order valence-corrected chi connectivity index (χ4v) is 7.21. The van der Waals surface area contributed by atoms with Crippen LogP contribution in [0.2, 0.25) is 0 Å². The Morgan fingerprint density at radius 1 is 1.11 bits per heavy atom. The number of nitrogens with zero attached hydrogens (tertiary/aromatic N) is 1. The summed E-state index contributed by atoms with van der Waals surface area (Å²) in [6, 6.07) is 20.5. The highest BCUT2D eigenvalue weighted by Crippen LogP contribution is 2.70. The molecule has 0 bridgehead atoms. The molecule has 0 amide bonds. The maximum atomic E-state index is 13.3. The third kappa shape index (κ3) is 3.87. The number of halogens is 1. The third-order valence-corrected chi connectivity index (χ3v) is 9.83. The van der Waals surface area contributed by atoms with Crippen LogP contribution in [0, 0.1) is 24.1 Å². The molecule has 2 aliphatic rings. The van der Waals surface area contributed by atoms with Crippen LogP contribution in [0.5, 0.6) is 0 Å². The van der Waals surface area contributed by atoms with Crippen LogP contribution >= 0.6 is 0 Å². The van der Waals surface area contributed by atoms with Crippen molar-refractivity contribution in [3.05, 3.63) is 94.8 Å². The van der Waals surface area contributed by atoms with Crippen molar-refractivity contribution in [3.63, 3.8) is 0 Å². The lowest BCUT2D eigenvalue weighted by Crippen LogP contribution is -2.38. The quantitative estimate of drug-likeness (QED) is 0.424. The van der Waals surface area contributed by atoms with Gasteiger partial charge in [-0.25, -0.2) is 17.1 Å². The molecule has 0 unspecified atom stereocenters. The Hall–Kier alpha value is -3.03. The average molecular weight is 492 g/mol. The first-order valence-electron chi connectivity index (χ1n) is 11.9. The Balaban J connectivity index is 1.57. The minimum atomic E-state index is -3.37. The van der Waals surface area contributed by atoms with Gasteiger partial charge >= 0.3 is 0 Å². The third-order valence-electron chi connectivity index (χ3n) is 7.64. The molecule has 3 aromatic carbocycles. The van der Waals surface area contributed by atoms with Crippen molar-refractivity contribution in [1.29, 1.82) is 5.41 Å². The molecular formula is C28H30FN3O2S. The van der Waals surface area contributed by atoms with Crippen LogP contribution in [0.15, 0.2) is 66.7 Å². The van der Waals surface area contributed by atoms with Crippen molar-refractivity contribution in [3.8, 4) is 0 Å². The van der Waals surface area contributed by atoms with E-state index in [1.54, 1.807) is 30.3 Å². The molecule has 7 heteroatoms. The van der Waals surface area contributed by atoms with E-state index in [1.807, 2.05) is 37.3 Å². The molecule has 1 aliphatic heterocycles. The van der Waals surface area contributed by atoms with Crippen molar-refractivity contribution >= 4 is 27.6 Å². The average Bonchev–Trinajstić information content (AvgIpc) is 3.29. The van der Waals surface area contributed by atoms with Gasteiger partial charge in [-0.05, 0) is 79.8 Å². The monoisotopic (exact) mass is 491 g/mol. The lowest BCUT2D eigenvalue weighted by molar-refractivity contribution is 0.416. The first-order chi connectivity index (χ1) is 16.7. The Morgan fingerprint density at radius 2 is 1.80 bits per heavy atom. The van der Waals surface area contributed by atoms with Gasteiger partial charge in [0.15, 0.2) is 0 Å². The maximum absolute atomic E-state index is 13.3. The van der Waals surface area contributed by atoms with E-state index in [2.05, 4.69) is 17.4 Å². The van der Waals surface area contributed by atoms with Gasteiger partial charge in [0.2, 0.25) is 10.0 Å². The second-order valence-electron chi connectivity index (χ2n) is 9.95. The molecule has 0 aromatic heterocycles. The summed E-state index contributed by atoms with van der Waals surface area (Å²) in [5.41, 5.74) is 5.27. The summed E-state index contributed by atoms with van der Waals surface area (Å²) in [5.74, 6) is 0.115. The Morgan fingerprint density at radius 3 is 2.43 bits per heavy atom. The SMILES string of the molecule is Cc1cc(Nc2ccc(F)cc2)c(C=N)cc1[C@]12CN(S(=O)(=O)C(C)C)C[C@H]1[C@@H]2c1ccccc1. The van der Waals surface area contributed by atoms with Gasteiger partial charge < -0.3 is 10.7 Å². The molecule has 3 atom stereocenters. The summed E-state index contributed by atoms with van der Waals surface area (Å²) < 4.78 is 41.1. The number of hydrogen-bond acceptors (Lipinski definition) is 4. The van der Waals surface area contributed by atoms with E-state index < -0.39 is 15.3 Å². The van der Waals surface area contributed by atoms with E-state index in [0.717, 1.165) is 22.5 Å². The van der Waals surface area contributed by atoms with Gasteiger partial charge in [0.05, 0.1) is 5.25 Å². The Labute approximate surface area is 206 Å². The van der Waals surface area contributed by atoms with Crippen LogP contribution in [-0.4, -0.2) is 37.3 Å². The second kappa shape index (κ2) is 8.57. The predicted octanol–water partition coefficient (Wildman–Crippen LogP) is 5.58. The lowest BCUT2D eigenvalue weighted by Gasteiger charge is -2.27. The largest absolute Gasteiger partial charge is 0.355 e. The number of benzene rings is 3. The van der Waals surface area contributed by atoms with Crippen molar-refractivity contribution in [1.82, 2.24) is 4.31 Å². The first-order valence-corrected chi connectivity index (χ1v) is 13.4. The van der Waals surface area contributed by atoms with Crippen LogP contribution in [0.25, 0.3) is 0 Å². The molecule has 1 heterocycles. The highest BCUT2D eigenvalue weighted by molar-refractivity contribution is 7.89. The number of sulfonamides is 1. The summed E-state index contributed by atoms with van der Waals surface area (Å²) in [6.07, 6.45) is 1.32. The van der Waals surface area contributed by atoms with Crippen LogP contribution in [-0.2, 0) is 15.4 Å². The number of aryl methyl sites for hydroxylation is 1. The minimum Gasteiger partial charge on any atom is -0.355 e. The van der Waals surface area contributed by atoms with Gasteiger partial charge in [0.1, 0.15) is 5.82 Å². The second-order valence-corrected chi connectivity index (χ2v) is 12.4. The first kappa shape index (κ1) is 23.7. The number of rotatable bonds is 7. The van der Waals surface area contributed by atoms with Crippen molar-refractivity contribution in [2.45, 2.75) is 37.4 Å². The molecule has 3 aromatic rings. The zero-order valence-electron chi connectivity index (χ0n) is 20.1. The van der Waals surface area contributed by atoms with Gasteiger partial charge in [0.25, 0.3) is 0 Å². The van der Waals surface area contributed by atoms with E-state index in [1.165, 1.54) is 23.9 Å². The Kier molecular flexibility index (Phi) is 5.80. The summed E-state index contributed by atoms with van der Waals surface area (Å²) in [7, 11) is -3.37. The highest BCUT2D eigenvalue weighted by Gasteiger charge is 2.71. The molecule has 5 rings (SSSR count). The topological polar surface area (TPSA) is 73.3 Å². The maximum Gasteiger partial charge on any atom is 0.216 e. The molecule has 5 nitrogen and oxygen atoms in total. The molecule has 2 N–H and O–H groups in total. The molecule has 2 fully saturated rings. The zero-order valence-corrected chi connectivity index (χ0v) is 20.9. The van der Waals surface area contributed by atoms with Crippen molar-refractivity contribution < 1.29 is 12.8 Å². The fourth-order valence-electron chi connectivity index (χ4n) is 5.86. The Bertz CT molecular complexity index is 1370. The van der Waals surface area contributed by atoms with E-state index in [-0.39, 0.29) is 23.1 Å². The summed E-state index contributed by atoms with van der Waals surface area (Å²) in [6.45, 7) is 6.46. The normalized spacial score (nSPS) is 23.8. The molecule has 1 aliphatic carbocycles. The van der Waals surface area contributed by atoms with Gasteiger partial charge in [-0.15, -0.1) is 0 Å². The highest BCUT2D eigenvalue weighted by atomic mass is 32.2. The zero-order chi connectivity index (χ0) is 25.0. The van der Waals surface area contributed by atoms with Gasteiger partial charge in [0, 0.05) is 47.6 Å². The smallest absolute Gasteiger partial charge is 0.216 e. The number of anilines is 2. The van der Waals surface area contributed by atoms with Crippen LogP contribution in [0.1, 0.15) is 42.0 Å². The van der Waals surface area contributed by atoms with Gasteiger partial charge in [-0.3, -0.25) is 0 Å². The van der Waals surface area contributed by atoms with E-state index in [9.17, 15) is 12.8 Å². The standard InChI is InChI=1S/C28H30FN3O2S/c1-18(2)35(33,34)32-16-25-27(20-7-5-4-6-8-20)28(25,17-32)24-14-21(15-30)26(13-19(24)3)31-23-11-9-22(29)10-12-23/h4-15,18,25,27,30-31H,16-17H2,1-3H3/t25-,27-,28+/m0/s1.